The van der Waals surface area contributed by atoms with Crippen molar-refractivity contribution in [2.75, 3.05) is 0 Å². The maximum absolute atomic E-state index is 12.9. The second-order valence-electron chi connectivity index (χ2n) is 2.98. The van der Waals surface area contributed by atoms with Crippen LogP contribution < -0.4 is 0 Å². The van der Waals surface area contributed by atoms with Crippen LogP contribution in [0.5, 0.6) is 0 Å². The van der Waals surface area contributed by atoms with Crippen LogP contribution in [0.15, 0.2) is 0 Å². The molecule has 2 atom stereocenters. The van der Waals surface area contributed by atoms with E-state index < -0.39 is 5.67 Å². The van der Waals surface area contributed by atoms with Gasteiger partial charge in [-0.2, -0.15) is 0 Å². The third-order valence-electron chi connectivity index (χ3n) is 2.14. The van der Waals surface area contributed by atoms with Crippen molar-refractivity contribution < 1.29 is 9.18 Å². The molecule has 0 bridgehead atoms. The summed E-state index contributed by atoms with van der Waals surface area (Å²) in [6.07, 6.45) is 1.29. The Labute approximate surface area is 54.3 Å². The van der Waals surface area contributed by atoms with E-state index in [1.165, 1.54) is 13.8 Å². The fraction of sp³-hybridized carbons (Fsp3) is 0.857. The maximum atomic E-state index is 12.9. The monoisotopic (exact) mass is 130 g/mol. The Morgan fingerprint density at radius 3 is 2.33 bits per heavy atom. The second kappa shape index (κ2) is 1.79. The Bertz CT molecular complexity index is 140. The van der Waals surface area contributed by atoms with Crippen molar-refractivity contribution in [1.29, 1.82) is 0 Å². The summed E-state index contributed by atoms with van der Waals surface area (Å²) >= 11 is 0. The van der Waals surface area contributed by atoms with Gasteiger partial charge in [-0.3, -0.25) is 4.79 Å². The van der Waals surface area contributed by atoms with E-state index in [0.717, 1.165) is 6.42 Å². The van der Waals surface area contributed by atoms with Gasteiger partial charge in [-0.15, -0.1) is 0 Å². The molecule has 0 aromatic heterocycles. The molecule has 0 amide bonds. The molecule has 9 heavy (non-hydrogen) atoms. The standard InChI is InChI=1S/C7H11FO/c1-5(9)6-3-4-7(6,2)8/h6H,3-4H2,1-2H3. The van der Waals surface area contributed by atoms with E-state index in [1.807, 2.05) is 0 Å². The summed E-state index contributed by atoms with van der Waals surface area (Å²) < 4.78 is 12.9. The lowest BCUT2D eigenvalue weighted by atomic mass is 9.70. The summed E-state index contributed by atoms with van der Waals surface area (Å²) in [6.45, 7) is 2.96. The van der Waals surface area contributed by atoms with E-state index in [4.69, 9.17) is 0 Å². The molecule has 0 spiro atoms. The number of halogens is 1. The zero-order valence-corrected chi connectivity index (χ0v) is 5.78. The highest BCUT2D eigenvalue weighted by atomic mass is 19.1. The molecule has 1 aliphatic rings. The number of carbonyl (C=O) groups excluding carboxylic acids is 1. The van der Waals surface area contributed by atoms with E-state index in [-0.39, 0.29) is 11.7 Å². The van der Waals surface area contributed by atoms with Crippen LogP contribution in [0.4, 0.5) is 4.39 Å². The van der Waals surface area contributed by atoms with Gasteiger partial charge in [0.1, 0.15) is 11.5 Å². The van der Waals surface area contributed by atoms with Gasteiger partial charge < -0.3 is 0 Å². The van der Waals surface area contributed by atoms with Crippen molar-refractivity contribution in [3.8, 4) is 0 Å². The average Bonchev–Trinajstić information content (AvgIpc) is 1.62. The van der Waals surface area contributed by atoms with E-state index in [0.29, 0.717) is 6.42 Å². The van der Waals surface area contributed by atoms with Gasteiger partial charge in [0.25, 0.3) is 0 Å². The summed E-state index contributed by atoms with van der Waals surface area (Å²) in [5.41, 5.74) is -1.19. The predicted molar refractivity (Wildman–Crippen MR) is 32.9 cm³/mol. The smallest absolute Gasteiger partial charge is 0.136 e. The Hall–Kier alpha value is -0.400. The van der Waals surface area contributed by atoms with Crippen molar-refractivity contribution in [3.63, 3.8) is 0 Å². The summed E-state index contributed by atoms with van der Waals surface area (Å²) in [7, 11) is 0. The normalized spacial score (nSPS) is 41.9. The van der Waals surface area contributed by atoms with Gasteiger partial charge in [-0.25, -0.2) is 4.39 Å². The number of alkyl halides is 1. The molecule has 1 nitrogen and oxygen atoms in total. The molecule has 1 aliphatic carbocycles. The third-order valence-corrected chi connectivity index (χ3v) is 2.14. The Morgan fingerprint density at radius 1 is 1.78 bits per heavy atom. The van der Waals surface area contributed by atoms with Crippen LogP contribution in [0.2, 0.25) is 0 Å². The van der Waals surface area contributed by atoms with Gasteiger partial charge in [0.15, 0.2) is 0 Å². The molecule has 2 unspecified atom stereocenters. The lowest BCUT2D eigenvalue weighted by Gasteiger charge is -2.38. The fourth-order valence-corrected chi connectivity index (χ4v) is 1.31. The Balaban J connectivity index is 2.55. The molecule has 0 aromatic carbocycles. The van der Waals surface area contributed by atoms with Crippen molar-refractivity contribution in [3.05, 3.63) is 0 Å². The number of hydrogen-bond donors (Lipinski definition) is 0. The molecule has 1 saturated carbocycles. The van der Waals surface area contributed by atoms with Crippen LogP contribution in [-0.2, 0) is 4.79 Å². The summed E-state index contributed by atoms with van der Waals surface area (Å²) in [4.78, 5) is 10.6. The van der Waals surface area contributed by atoms with Crippen LogP contribution >= 0.6 is 0 Å². The molecule has 1 fully saturated rings. The van der Waals surface area contributed by atoms with Gasteiger partial charge in [-0.05, 0) is 26.7 Å². The minimum absolute atomic E-state index is 0.00810. The molecular weight excluding hydrogens is 119 g/mol. The van der Waals surface area contributed by atoms with Crippen LogP contribution in [0.25, 0.3) is 0 Å². The van der Waals surface area contributed by atoms with E-state index in [1.54, 1.807) is 0 Å². The lowest BCUT2D eigenvalue weighted by molar-refractivity contribution is -0.132. The quantitative estimate of drug-likeness (QED) is 0.528. The minimum Gasteiger partial charge on any atom is -0.300 e. The molecule has 0 saturated heterocycles. The zero-order valence-electron chi connectivity index (χ0n) is 5.78. The Kier molecular flexibility index (Phi) is 1.34. The zero-order chi connectivity index (χ0) is 7.07. The number of rotatable bonds is 1. The van der Waals surface area contributed by atoms with Gasteiger partial charge in [0, 0.05) is 0 Å². The molecule has 52 valence electrons. The van der Waals surface area contributed by atoms with E-state index in [2.05, 4.69) is 0 Å². The molecule has 0 heterocycles. The summed E-state index contributed by atoms with van der Waals surface area (Å²) in [6, 6.07) is 0. The first-order valence-electron chi connectivity index (χ1n) is 3.23. The number of ketones is 1. The van der Waals surface area contributed by atoms with Crippen LogP contribution in [0, 0.1) is 5.92 Å². The number of carbonyl (C=O) groups is 1. The van der Waals surface area contributed by atoms with Crippen molar-refractivity contribution in [2.45, 2.75) is 32.4 Å². The highest BCUT2D eigenvalue weighted by molar-refractivity contribution is 5.80. The van der Waals surface area contributed by atoms with Crippen molar-refractivity contribution in [2.24, 2.45) is 5.92 Å². The first kappa shape index (κ1) is 6.72. The average molecular weight is 130 g/mol. The van der Waals surface area contributed by atoms with Gasteiger partial charge in [0.2, 0.25) is 0 Å². The van der Waals surface area contributed by atoms with Gasteiger partial charge >= 0.3 is 0 Å². The highest BCUT2D eigenvalue weighted by Gasteiger charge is 2.45. The van der Waals surface area contributed by atoms with Crippen molar-refractivity contribution in [1.82, 2.24) is 0 Å². The lowest BCUT2D eigenvalue weighted by Crippen LogP contribution is -2.43. The molecule has 0 N–H and O–H groups in total. The summed E-state index contributed by atoms with van der Waals surface area (Å²) in [5.74, 6) is -0.316. The van der Waals surface area contributed by atoms with Crippen LogP contribution in [0.1, 0.15) is 26.7 Å². The first-order chi connectivity index (χ1) is 4.04. The molecule has 2 heteroatoms. The molecule has 1 rings (SSSR count). The number of hydrogen-bond acceptors (Lipinski definition) is 1. The topological polar surface area (TPSA) is 17.1 Å². The summed E-state index contributed by atoms with van der Waals surface area (Å²) in [5, 5.41) is 0. The molecule has 0 radical (unpaired) electrons. The largest absolute Gasteiger partial charge is 0.300 e. The van der Waals surface area contributed by atoms with Crippen LogP contribution in [0.3, 0.4) is 0 Å². The number of Topliss-reactive ketones (excluding diaryl/α,β-unsaturated/α-hetero) is 1. The van der Waals surface area contributed by atoms with Gasteiger partial charge in [0.05, 0.1) is 5.92 Å². The molecule has 0 aliphatic heterocycles. The molecular formula is C7H11FO. The fourth-order valence-electron chi connectivity index (χ4n) is 1.31. The van der Waals surface area contributed by atoms with Crippen LogP contribution in [-0.4, -0.2) is 11.5 Å². The second-order valence-corrected chi connectivity index (χ2v) is 2.98. The SMILES string of the molecule is CC(=O)C1CCC1(C)F. The van der Waals surface area contributed by atoms with E-state index in [9.17, 15) is 9.18 Å². The first-order valence-corrected chi connectivity index (χ1v) is 3.23. The van der Waals surface area contributed by atoms with Gasteiger partial charge in [-0.1, -0.05) is 0 Å². The minimum atomic E-state index is -1.19. The van der Waals surface area contributed by atoms with Crippen molar-refractivity contribution >= 4 is 5.78 Å². The third kappa shape index (κ3) is 0.979. The van der Waals surface area contributed by atoms with E-state index >= 15 is 0 Å². The maximum Gasteiger partial charge on any atom is 0.136 e. The molecule has 0 aromatic rings. The highest BCUT2D eigenvalue weighted by Crippen LogP contribution is 2.41. The Morgan fingerprint density at radius 2 is 2.33 bits per heavy atom. The predicted octanol–water partition coefficient (Wildman–Crippen LogP) is 1.71.